The van der Waals surface area contributed by atoms with E-state index in [0.29, 0.717) is 0 Å². The number of benzene rings is 5. The normalized spacial score (nSPS) is 16.9. The molecule has 1 aliphatic heterocycles. The molecule has 0 radical (unpaired) electrons. The lowest BCUT2D eigenvalue weighted by Crippen LogP contribution is -2.41. The molecule has 9 rings (SSSR count). The first-order chi connectivity index (χ1) is 19.8. The lowest BCUT2D eigenvalue weighted by molar-refractivity contribution is 0.00578. The van der Waals surface area contributed by atoms with Crippen LogP contribution in [0, 0.1) is 0 Å². The minimum Gasteiger partial charge on any atom is -0.399 e. The van der Waals surface area contributed by atoms with Crippen molar-refractivity contribution in [2.45, 2.75) is 38.9 Å². The quantitative estimate of drug-likeness (QED) is 0.210. The molecule has 3 aromatic heterocycles. The summed E-state index contributed by atoms with van der Waals surface area (Å²) in [5.74, 6) is 0. The first-order valence-electron chi connectivity index (χ1n) is 14.4. The van der Waals surface area contributed by atoms with Gasteiger partial charge in [0.2, 0.25) is 0 Å². The first-order valence-corrected chi connectivity index (χ1v) is 14.4. The van der Waals surface area contributed by atoms with Gasteiger partial charge in [-0.3, -0.25) is 0 Å². The summed E-state index contributed by atoms with van der Waals surface area (Å²) in [7, 11) is -0.462. The fourth-order valence-electron chi connectivity index (χ4n) is 7.04. The van der Waals surface area contributed by atoms with Gasteiger partial charge in [-0.25, -0.2) is 0 Å². The van der Waals surface area contributed by atoms with Crippen molar-refractivity contribution in [2.24, 2.45) is 0 Å². The van der Waals surface area contributed by atoms with Crippen LogP contribution in [0.25, 0.3) is 65.6 Å². The molecule has 0 atom stereocenters. The van der Waals surface area contributed by atoms with Gasteiger partial charge in [0.1, 0.15) is 0 Å². The summed E-state index contributed by atoms with van der Waals surface area (Å²) in [4.78, 5) is 0. The number of fused-ring (bicyclic) bond motifs is 5. The monoisotopic (exact) mass is 532 g/mol. The standard InChI is InChI=1S/C36H29BN2O2/c1-35(2)36(3,4)41-37(40-35)22-20-27-26-16-10-15-25-24-14-8-9-17-28(24)39(34(25)26)30-19-11-18-29-33(30)32(27)31(21-22)38(29)23-12-6-5-7-13-23/h5-21H,1-4H3. The summed E-state index contributed by atoms with van der Waals surface area (Å²) < 4.78 is 18.1. The Morgan fingerprint density at radius 3 is 1.93 bits per heavy atom. The smallest absolute Gasteiger partial charge is 0.399 e. The molecule has 5 heteroatoms. The van der Waals surface area contributed by atoms with E-state index in [1.807, 2.05) is 0 Å². The third-order valence-corrected chi connectivity index (χ3v) is 9.66. The zero-order valence-electron chi connectivity index (χ0n) is 23.6. The number of aromatic nitrogens is 2. The van der Waals surface area contributed by atoms with Crippen molar-refractivity contribution < 1.29 is 9.31 Å². The highest BCUT2D eigenvalue weighted by molar-refractivity contribution is 6.63. The second-order valence-electron chi connectivity index (χ2n) is 12.4. The molecular weight excluding hydrogens is 503 g/mol. The molecule has 1 saturated heterocycles. The summed E-state index contributed by atoms with van der Waals surface area (Å²) in [6.45, 7) is 8.47. The minimum atomic E-state index is -0.462. The maximum Gasteiger partial charge on any atom is 0.494 e. The Hall–Kier alpha value is -4.32. The van der Waals surface area contributed by atoms with Crippen molar-refractivity contribution in [1.82, 2.24) is 8.97 Å². The molecule has 1 fully saturated rings. The van der Waals surface area contributed by atoms with Gasteiger partial charge in [-0.15, -0.1) is 0 Å². The number of rotatable bonds is 2. The van der Waals surface area contributed by atoms with Crippen LogP contribution < -0.4 is 5.46 Å². The SMILES string of the molecule is CC1(C)OB(c2cc3c4cccc5c6ccccc6n(c6cccc7c6c3c(c2)n7-c2ccccc2)c45)OC1(C)C. The van der Waals surface area contributed by atoms with Crippen LogP contribution in [0.2, 0.25) is 0 Å². The van der Waals surface area contributed by atoms with Crippen molar-refractivity contribution in [3.8, 4) is 5.69 Å². The zero-order valence-corrected chi connectivity index (χ0v) is 23.6. The van der Waals surface area contributed by atoms with Crippen molar-refractivity contribution in [3.05, 3.63) is 103 Å². The fraction of sp³-hybridized carbons (Fsp3) is 0.167. The van der Waals surface area contributed by atoms with Crippen LogP contribution in [-0.2, 0) is 9.31 Å². The summed E-state index contributed by atoms with van der Waals surface area (Å²) in [5, 5.41) is 7.51. The Bertz CT molecular complexity index is 2310. The van der Waals surface area contributed by atoms with Crippen molar-refractivity contribution >= 4 is 72.5 Å². The highest BCUT2D eigenvalue weighted by Gasteiger charge is 2.52. The average molecular weight is 532 g/mol. The molecule has 4 nitrogen and oxygen atoms in total. The van der Waals surface area contributed by atoms with Crippen molar-refractivity contribution in [3.63, 3.8) is 0 Å². The summed E-state index contributed by atoms with van der Waals surface area (Å²) in [5.41, 5.74) is 7.36. The maximum absolute atomic E-state index is 6.62. The Balaban J connectivity index is 1.55. The molecular formula is C36H29BN2O2. The molecule has 41 heavy (non-hydrogen) atoms. The highest BCUT2D eigenvalue weighted by Crippen LogP contribution is 2.44. The zero-order chi connectivity index (χ0) is 27.7. The van der Waals surface area contributed by atoms with E-state index in [1.54, 1.807) is 0 Å². The van der Waals surface area contributed by atoms with Gasteiger partial charge in [-0.1, -0.05) is 66.7 Å². The molecule has 0 saturated carbocycles. The van der Waals surface area contributed by atoms with Crippen LogP contribution in [-0.4, -0.2) is 27.3 Å². The average Bonchev–Trinajstić information content (AvgIpc) is 3.53. The van der Waals surface area contributed by atoms with Crippen LogP contribution in [0.4, 0.5) is 0 Å². The van der Waals surface area contributed by atoms with Crippen LogP contribution in [0.3, 0.4) is 0 Å². The van der Waals surface area contributed by atoms with Gasteiger partial charge < -0.3 is 18.3 Å². The van der Waals surface area contributed by atoms with Crippen LogP contribution in [0.1, 0.15) is 27.7 Å². The fourth-order valence-corrected chi connectivity index (χ4v) is 7.04. The highest BCUT2D eigenvalue weighted by atomic mass is 16.7. The second-order valence-corrected chi connectivity index (χ2v) is 12.4. The summed E-state index contributed by atoms with van der Waals surface area (Å²) in [6.07, 6.45) is 0. The lowest BCUT2D eigenvalue weighted by Gasteiger charge is -2.32. The van der Waals surface area contributed by atoms with E-state index < -0.39 is 18.3 Å². The molecule has 8 aromatic rings. The predicted molar refractivity (Wildman–Crippen MR) is 171 cm³/mol. The topological polar surface area (TPSA) is 27.8 Å². The number of hydrogen-bond acceptors (Lipinski definition) is 2. The molecule has 1 aliphatic rings. The molecule has 0 N–H and O–H groups in total. The molecule has 4 heterocycles. The van der Waals surface area contributed by atoms with Crippen LogP contribution >= 0.6 is 0 Å². The molecule has 5 aromatic carbocycles. The summed E-state index contributed by atoms with van der Waals surface area (Å²) in [6, 6.07) is 37.5. The van der Waals surface area contributed by atoms with Crippen molar-refractivity contribution in [1.29, 1.82) is 0 Å². The van der Waals surface area contributed by atoms with E-state index >= 15 is 0 Å². The van der Waals surface area contributed by atoms with Crippen LogP contribution in [0.15, 0.2) is 103 Å². The maximum atomic E-state index is 6.62. The minimum absolute atomic E-state index is 0.424. The lowest BCUT2D eigenvalue weighted by atomic mass is 9.77. The van der Waals surface area contributed by atoms with E-state index in [4.69, 9.17) is 9.31 Å². The Kier molecular flexibility index (Phi) is 4.39. The molecule has 0 amide bonds. The predicted octanol–water partition coefficient (Wildman–Crippen LogP) is 8.23. The third-order valence-electron chi connectivity index (χ3n) is 9.66. The largest absolute Gasteiger partial charge is 0.494 e. The molecule has 0 spiro atoms. The van der Waals surface area contributed by atoms with Gasteiger partial charge in [0, 0.05) is 32.6 Å². The van der Waals surface area contributed by atoms with Gasteiger partial charge in [0.15, 0.2) is 0 Å². The van der Waals surface area contributed by atoms with E-state index in [0.717, 1.165) is 16.7 Å². The van der Waals surface area contributed by atoms with Gasteiger partial charge in [-0.05, 0) is 74.9 Å². The van der Waals surface area contributed by atoms with Gasteiger partial charge in [0.05, 0.1) is 38.8 Å². The number of hydrogen-bond donors (Lipinski definition) is 0. The van der Waals surface area contributed by atoms with E-state index in [2.05, 4.69) is 140 Å². The molecule has 0 bridgehead atoms. The van der Waals surface area contributed by atoms with Gasteiger partial charge >= 0.3 is 7.12 Å². The molecule has 198 valence electrons. The van der Waals surface area contributed by atoms with Crippen LogP contribution in [0.5, 0.6) is 0 Å². The van der Waals surface area contributed by atoms with Crippen molar-refractivity contribution in [2.75, 3.05) is 0 Å². The Morgan fingerprint density at radius 1 is 0.537 bits per heavy atom. The Labute approximate surface area is 238 Å². The summed E-state index contributed by atoms with van der Waals surface area (Å²) >= 11 is 0. The van der Waals surface area contributed by atoms with Gasteiger partial charge in [0.25, 0.3) is 0 Å². The number of para-hydroxylation sites is 3. The second kappa shape index (κ2) is 7.70. The van der Waals surface area contributed by atoms with Gasteiger partial charge in [-0.2, -0.15) is 0 Å². The molecule has 0 aliphatic carbocycles. The van der Waals surface area contributed by atoms with E-state index in [9.17, 15) is 0 Å². The van der Waals surface area contributed by atoms with E-state index in [-0.39, 0.29) is 0 Å². The third kappa shape index (κ3) is 2.92. The molecule has 0 unspecified atom stereocenters. The number of nitrogens with zero attached hydrogens (tertiary/aromatic N) is 2. The van der Waals surface area contributed by atoms with E-state index in [1.165, 1.54) is 54.4 Å². The first kappa shape index (κ1) is 23.4. The Morgan fingerprint density at radius 2 is 1.15 bits per heavy atom.